The molecule has 0 aliphatic heterocycles. The molecule has 0 aromatic carbocycles. The van der Waals surface area contributed by atoms with Gasteiger partial charge in [0, 0.05) is 18.2 Å². The molecule has 0 saturated heterocycles. The lowest BCUT2D eigenvalue weighted by atomic mass is 10.2. The van der Waals surface area contributed by atoms with Crippen molar-refractivity contribution in [1.29, 1.82) is 0 Å². The summed E-state index contributed by atoms with van der Waals surface area (Å²) in [6, 6.07) is 2.73. The zero-order chi connectivity index (χ0) is 14.7. The third-order valence-corrected chi connectivity index (χ3v) is 2.76. The molecule has 0 bridgehead atoms. The molecule has 0 atom stereocenters. The van der Waals surface area contributed by atoms with Gasteiger partial charge in [-0.05, 0) is 12.1 Å². The SMILES string of the molecule is FC(F)c1ccc(-c2noc(CCn3cncn3)n2)cn1. The van der Waals surface area contributed by atoms with E-state index < -0.39 is 6.43 Å². The number of aryl methyl sites for hydroxylation is 2. The average Bonchev–Trinajstić information content (AvgIpc) is 3.17. The largest absolute Gasteiger partial charge is 0.339 e. The molecule has 0 N–H and O–H groups in total. The van der Waals surface area contributed by atoms with Crippen molar-refractivity contribution >= 4 is 0 Å². The lowest BCUT2D eigenvalue weighted by Gasteiger charge is -1.98. The molecular formula is C12H10F2N6O. The van der Waals surface area contributed by atoms with Crippen molar-refractivity contribution in [2.45, 2.75) is 19.4 Å². The number of hydrogen-bond acceptors (Lipinski definition) is 6. The maximum absolute atomic E-state index is 12.4. The van der Waals surface area contributed by atoms with E-state index in [-0.39, 0.29) is 5.69 Å². The normalized spacial score (nSPS) is 11.2. The summed E-state index contributed by atoms with van der Waals surface area (Å²) in [5.41, 5.74) is 0.240. The van der Waals surface area contributed by atoms with Crippen LogP contribution in [0.3, 0.4) is 0 Å². The van der Waals surface area contributed by atoms with Gasteiger partial charge in [-0.15, -0.1) is 0 Å². The fraction of sp³-hybridized carbons (Fsp3) is 0.250. The van der Waals surface area contributed by atoms with Crippen LogP contribution in [-0.4, -0.2) is 29.9 Å². The number of alkyl halides is 2. The second-order valence-electron chi connectivity index (χ2n) is 4.19. The molecule has 0 radical (unpaired) electrons. The summed E-state index contributed by atoms with van der Waals surface area (Å²) in [5, 5.41) is 7.76. The molecule has 3 heterocycles. The van der Waals surface area contributed by atoms with Crippen molar-refractivity contribution in [3.8, 4) is 11.4 Å². The summed E-state index contributed by atoms with van der Waals surface area (Å²) in [5.74, 6) is 0.746. The highest BCUT2D eigenvalue weighted by atomic mass is 19.3. The summed E-state index contributed by atoms with van der Waals surface area (Å²) in [7, 11) is 0. The number of nitrogens with zero attached hydrogens (tertiary/aromatic N) is 6. The Morgan fingerprint density at radius 3 is 2.86 bits per heavy atom. The summed E-state index contributed by atoms with van der Waals surface area (Å²) in [6.07, 6.45) is 2.23. The molecule has 3 aromatic rings. The van der Waals surface area contributed by atoms with E-state index in [1.807, 2.05) is 0 Å². The Morgan fingerprint density at radius 1 is 1.29 bits per heavy atom. The van der Waals surface area contributed by atoms with Gasteiger partial charge >= 0.3 is 0 Å². The maximum atomic E-state index is 12.4. The first-order chi connectivity index (χ1) is 10.2. The molecule has 7 nitrogen and oxygen atoms in total. The predicted molar refractivity (Wildman–Crippen MR) is 66.2 cm³/mol. The van der Waals surface area contributed by atoms with E-state index in [1.165, 1.54) is 24.7 Å². The number of aromatic nitrogens is 6. The molecule has 0 aliphatic carbocycles. The van der Waals surface area contributed by atoms with Crippen LogP contribution in [0.1, 0.15) is 18.0 Å². The smallest absolute Gasteiger partial charge is 0.280 e. The van der Waals surface area contributed by atoms with Crippen molar-refractivity contribution in [2.24, 2.45) is 0 Å². The third-order valence-electron chi connectivity index (χ3n) is 2.76. The number of pyridine rings is 1. The standard InChI is InChI=1S/C12H10F2N6O/c13-11(14)9-2-1-8(5-16-9)12-18-10(21-19-12)3-4-20-7-15-6-17-20/h1-2,5-7,11H,3-4H2. The number of rotatable bonds is 5. The molecule has 21 heavy (non-hydrogen) atoms. The Hall–Kier alpha value is -2.71. The Labute approximate surface area is 117 Å². The first kappa shape index (κ1) is 13.3. The minimum atomic E-state index is -2.59. The van der Waals surface area contributed by atoms with E-state index in [0.29, 0.717) is 30.2 Å². The highest BCUT2D eigenvalue weighted by Gasteiger charge is 2.12. The summed E-state index contributed by atoms with van der Waals surface area (Å²) < 4.78 is 31.6. The molecule has 9 heteroatoms. The zero-order valence-corrected chi connectivity index (χ0v) is 10.7. The summed E-state index contributed by atoms with van der Waals surface area (Å²) >= 11 is 0. The molecule has 0 unspecified atom stereocenters. The quantitative estimate of drug-likeness (QED) is 0.714. The van der Waals surface area contributed by atoms with Crippen molar-refractivity contribution in [3.63, 3.8) is 0 Å². The van der Waals surface area contributed by atoms with Gasteiger partial charge in [0.1, 0.15) is 18.3 Å². The Kier molecular flexibility index (Phi) is 3.63. The second-order valence-corrected chi connectivity index (χ2v) is 4.19. The molecule has 3 aromatic heterocycles. The minimum absolute atomic E-state index is 0.284. The van der Waals surface area contributed by atoms with Crippen molar-refractivity contribution in [2.75, 3.05) is 0 Å². The first-order valence-corrected chi connectivity index (χ1v) is 6.12. The van der Waals surface area contributed by atoms with Gasteiger partial charge in [0.2, 0.25) is 11.7 Å². The molecule has 0 amide bonds. The van der Waals surface area contributed by atoms with Crippen LogP contribution in [0, 0.1) is 0 Å². The van der Waals surface area contributed by atoms with Crippen LogP contribution in [-0.2, 0) is 13.0 Å². The molecule has 0 aliphatic rings. The number of halogens is 2. The van der Waals surface area contributed by atoms with Crippen LogP contribution in [0.25, 0.3) is 11.4 Å². The topological polar surface area (TPSA) is 82.5 Å². The molecule has 0 saturated carbocycles. The van der Waals surface area contributed by atoms with E-state index in [9.17, 15) is 8.78 Å². The number of hydrogen-bond donors (Lipinski definition) is 0. The predicted octanol–water partition coefficient (Wildman–Crippen LogP) is 1.90. The lowest BCUT2D eigenvalue weighted by Crippen LogP contribution is -2.01. The molecule has 0 fully saturated rings. The first-order valence-electron chi connectivity index (χ1n) is 6.12. The van der Waals surface area contributed by atoms with Gasteiger partial charge in [0.25, 0.3) is 6.43 Å². The monoisotopic (exact) mass is 292 g/mol. The molecule has 108 valence electrons. The molecule has 3 rings (SSSR count). The maximum Gasteiger partial charge on any atom is 0.280 e. The third kappa shape index (κ3) is 3.07. The van der Waals surface area contributed by atoms with Crippen LogP contribution in [0.2, 0.25) is 0 Å². The van der Waals surface area contributed by atoms with Crippen molar-refractivity contribution in [3.05, 3.63) is 42.6 Å². The van der Waals surface area contributed by atoms with Gasteiger partial charge in [-0.1, -0.05) is 5.16 Å². The van der Waals surface area contributed by atoms with Gasteiger partial charge in [-0.3, -0.25) is 9.67 Å². The van der Waals surface area contributed by atoms with Crippen LogP contribution < -0.4 is 0 Å². The molecular weight excluding hydrogens is 282 g/mol. The zero-order valence-electron chi connectivity index (χ0n) is 10.7. The summed E-state index contributed by atoms with van der Waals surface area (Å²) in [6.45, 7) is 0.560. The van der Waals surface area contributed by atoms with Crippen molar-refractivity contribution in [1.82, 2.24) is 29.9 Å². The van der Waals surface area contributed by atoms with Crippen LogP contribution in [0.5, 0.6) is 0 Å². The highest BCUT2D eigenvalue weighted by Crippen LogP contribution is 2.20. The van der Waals surface area contributed by atoms with Gasteiger partial charge in [-0.2, -0.15) is 10.1 Å². The van der Waals surface area contributed by atoms with Gasteiger partial charge < -0.3 is 4.52 Å². The Bertz CT molecular complexity index is 695. The second kappa shape index (κ2) is 5.73. The Morgan fingerprint density at radius 2 is 2.19 bits per heavy atom. The van der Waals surface area contributed by atoms with E-state index >= 15 is 0 Å². The molecule has 0 spiro atoms. The Balaban J connectivity index is 1.69. The highest BCUT2D eigenvalue weighted by molar-refractivity contribution is 5.52. The lowest BCUT2D eigenvalue weighted by molar-refractivity contribution is 0.146. The van der Waals surface area contributed by atoms with Crippen LogP contribution in [0.15, 0.2) is 35.5 Å². The van der Waals surface area contributed by atoms with Crippen molar-refractivity contribution < 1.29 is 13.3 Å². The van der Waals surface area contributed by atoms with E-state index in [1.54, 1.807) is 11.0 Å². The van der Waals surface area contributed by atoms with Crippen LogP contribution in [0.4, 0.5) is 8.78 Å². The van der Waals surface area contributed by atoms with Gasteiger partial charge in [0.05, 0.1) is 6.54 Å². The van der Waals surface area contributed by atoms with E-state index in [4.69, 9.17) is 4.52 Å². The van der Waals surface area contributed by atoms with E-state index in [0.717, 1.165) is 0 Å². The van der Waals surface area contributed by atoms with Gasteiger partial charge in [-0.25, -0.2) is 13.8 Å². The fourth-order valence-corrected chi connectivity index (χ4v) is 1.70. The van der Waals surface area contributed by atoms with Gasteiger partial charge in [0.15, 0.2) is 0 Å². The minimum Gasteiger partial charge on any atom is -0.339 e. The fourth-order valence-electron chi connectivity index (χ4n) is 1.70. The summed E-state index contributed by atoms with van der Waals surface area (Å²) in [4.78, 5) is 11.7. The van der Waals surface area contributed by atoms with Crippen LogP contribution >= 0.6 is 0 Å². The average molecular weight is 292 g/mol. The van der Waals surface area contributed by atoms with E-state index in [2.05, 4.69) is 25.2 Å².